The normalized spacial score (nSPS) is 14.1. The van der Waals surface area contributed by atoms with E-state index in [2.05, 4.69) is 10.6 Å². The minimum atomic E-state index is -4.01. The van der Waals surface area contributed by atoms with E-state index in [0.717, 1.165) is 15.6 Å². The summed E-state index contributed by atoms with van der Waals surface area (Å²) in [5, 5.41) is 5.43. The Morgan fingerprint density at radius 1 is 1.08 bits per heavy atom. The molecule has 0 fully saturated rings. The van der Waals surface area contributed by atoms with Crippen LogP contribution in [0.15, 0.2) is 16.3 Å². The number of nitrogens with zero attached hydrogens (tertiary/aromatic N) is 1. The number of thiophene rings is 1. The van der Waals surface area contributed by atoms with E-state index in [0.29, 0.717) is 17.2 Å². The van der Waals surface area contributed by atoms with Gasteiger partial charge in [0.1, 0.15) is 4.21 Å². The van der Waals surface area contributed by atoms with Gasteiger partial charge in [-0.15, -0.1) is 11.3 Å². The number of carbonyl (C=O) groups excluding carboxylic acids is 2. The van der Waals surface area contributed by atoms with Crippen molar-refractivity contribution in [2.24, 2.45) is 0 Å². The fraction of sp³-hybridized carbons (Fsp3) is 0.625. The molecule has 0 spiro atoms. The molecule has 0 bridgehead atoms. The first-order valence-corrected chi connectivity index (χ1v) is 11.1. The van der Waals surface area contributed by atoms with E-state index >= 15 is 0 Å². The lowest BCUT2D eigenvalue weighted by molar-refractivity contribution is -0.124. The van der Waals surface area contributed by atoms with Gasteiger partial charge in [-0.1, -0.05) is 25.4 Å². The highest BCUT2D eigenvalue weighted by Gasteiger charge is 2.30. The van der Waals surface area contributed by atoms with Gasteiger partial charge in [-0.3, -0.25) is 9.59 Å². The van der Waals surface area contributed by atoms with Gasteiger partial charge < -0.3 is 10.6 Å². The van der Waals surface area contributed by atoms with Crippen molar-refractivity contribution in [1.82, 2.24) is 14.9 Å². The third-order valence-electron chi connectivity index (χ3n) is 3.82. The number of halogens is 1. The molecule has 1 aromatic rings. The number of nitrogens with one attached hydrogen (secondary N) is 2. The van der Waals surface area contributed by atoms with Crippen LogP contribution in [0, 0.1) is 0 Å². The topological polar surface area (TPSA) is 95.6 Å². The Labute approximate surface area is 164 Å². The lowest BCUT2D eigenvalue weighted by Crippen LogP contribution is -2.48. The molecule has 148 valence electrons. The molecule has 0 saturated carbocycles. The molecule has 0 saturated heterocycles. The Bertz CT molecular complexity index is 695. The zero-order valence-corrected chi connectivity index (χ0v) is 17.8. The maximum atomic E-state index is 12.8. The Kier molecular flexibility index (Phi) is 9.02. The van der Waals surface area contributed by atoms with Gasteiger partial charge >= 0.3 is 0 Å². The van der Waals surface area contributed by atoms with Gasteiger partial charge in [-0.25, -0.2) is 8.42 Å². The first-order chi connectivity index (χ1) is 12.1. The number of hydrogen-bond acceptors (Lipinski definition) is 5. The highest BCUT2D eigenvalue weighted by Crippen LogP contribution is 2.28. The average molecular weight is 424 g/mol. The third-order valence-corrected chi connectivity index (χ3v) is 7.31. The zero-order chi connectivity index (χ0) is 19.9. The molecule has 0 aromatic carbocycles. The lowest BCUT2D eigenvalue weighted by Gasteiger charge is -2.22. The standard InChI is InChI=1S/C16H26ClN3O4S2/c1-5-11(3)18-14(21)9-20(10-15(22)19-12(4)6-2)26(23,24)16-8-7-13(17)25-16/h7-8,11-12H,5-6,9-10H2,1-4H3,(H,18,21)(H,19,22). The maximum Gasteiger partial charge on any atom is 0.253 e. The van der Waals surface area contributed by atoms with Gasteiger partial charge in [0.2, 0.25) is 11.8 Å². The van der Waals surface area contributed by atoms with Gasteiger partial charge in [-0.05, 0) is 38.8 Å². The van der Waals surface area contributed by atoms with Gasteiger partial charge in [0, 0.05) is 12.1 Å². The van der Waals surface area contributed by atoms with Crippen LogP contribution in [0.1, 0.15) is 40.5 Å². The summed E-state index contributed by atoms with van der Waals surface area (Å²) in [6, 6.07) is 2.67. The summed E-state index contributed by atoms with van der Waals surface area (Å²) in [5.41, 5.74) is 0. The molecule has 2 unspecified atom stereocenters. The zero-order valence-electron chi connectivity index (χ0n) is 15.4. The Balaban J connectivity index is 3.01. The quantitative estimate of drug-likeness (QED) is 0.603. The second-order valence-corrected chi connectivity index (χ2v) is 9.97. The van der Waals surface area contributed by atoms with E-state index in [-0.39, 0.29) is 16.3 Å². The molecule has 0 aliphatic heterocycles. The molecule has 2 atom stereocenters. The van der Waals surface area contributed by atoms with E-state index in [1.165, 1.54) is 12.1 Å². The van der Waals surface area contributed by atoms with Crippen LogP contribution in [0.2, 0.25) is 4.34 Å². The van der Waals surface area contributed by atoms with E-state index < -0.39 is 34.9 Å². The highest BCUT2D eigenvalue weighted by atomic mass is 35.5. The first-order valence-electron chi connectivity index (χ1n) is 8.44. The van der Waals surface area contributed by atoms with Crippen molar-refractivity contribution in [2.45, 2.75) is 56.8 Å². The molecule has 0 aliphatic carbocycles. The van der Waals surface area contributed by atoms with E-state index in [1.807, 2.05) is 27.7 Å². The Hall–Kier alpha value is -1.16. The molecular weight excluding hydrogens is 398 g/mol. The second kappa shape index (κ2) is 10.2. The SMILES string of the molecule is CCC(C)NC(=O)CN(CC(=O)NC(C)CC)S(=O)(=O)c1ccc(Cl)s1. The van der Waals surface area contributed by atoms with Crippen LogP contribution in [0.5, 0.6) is 0 Å². The van der Waals surface area contributed by atoms with Gasteiger partial charge in [0.25, 0.3) is 10.0 Å². The average Bonchev–Trinajstić information content (AvgIpc) is 3.01. The van der Waals surface area contributed by atoms with Crippen molar-refractivity contribution in [3.8, 4) is 0 Å². The number of carbonyl (C=O) groups is 2. The minimum Gasteiger partial charge on any atom is -0.353 e. The number of rotatable bonds is 10. The molecule has 7 nitrogen and oxygen atoms in total. The molecule has 0 radical (unpaired) electrons. The van der Waals surface area contributed by atoms with Crippen LogP contribution in [0.4, 0.5) is 0 Å². The van der Waals surface area contributed by atoms with Crippen molar-refractivity contribution >= 4 is 44.8 Å². The van der Waals surface area contributed by atoms with Crippen molar-refractivity contribution in [2.75, 3.05) is 13.1 Å². The lowest BCUT2D eigenvalue weighted by atomic mass is 10.2. The van der Waals surface area contributed by atoms with E-state index in [1.54, 1.807) is 0 Å². The largest absolute Gasteiger partial charge is 0.353 e. The van der Waals surface area contributed by atoms with Gasteiger partial charge in [0.15, 0.2) is 0 Å². The molecule has 2 N–H and O–H groups in total. The minimum absolute atomic E-state index is 0.00446. The van der Waals surface area contributed by atoms with Crippen LogP contribution in [0.25, 0.3) is 0 Å². The summed E-state index contributed by atoms with van der Waals surface area (Å²) in [6.07, 6.45) is 1.43. The van der Waals surface area contributed by atoms with E-state index in [4.69, 9.17) is 11.6 Å². The van der Waals surface area contributed by atoms with Crippen molar-refractivity contribution < 1.29 is 18.0 Å². The van der Waals surface area contributed by atoms with Gasteiger partial charge in [-0.2, -0.15) is 4.31 Å². The van der Waals surface area contributed by atoms with Crippen LogP contribution in [0.3, 0.4) is 0 Å². The third kappa shape index (κ3) is 6.86. The first kappa shape index (κ1) is 22.9. The summed E-state index contributed by atoms with van der Waals surface area (Å²) >= 11 is 6.72. The molecule has 10 heteroatoms. The summed E-state index contributed by atoms with van der Waals surface area (Å²) in [5.74, 6) is -0.913. The summed E-state index contributed by atoms with van der Waals surface area (Å²) in [4.78, 5) is 24.4. The number of amides is 2. The van der Waals surface area contributed by atoms with Crippen LogP contribution in [-0.4, -0.2) is 49.7 Å². The van der Waals surface area contributed by atoms with Crippen molar-refractivity contribution in [1.29, 1.82) is 0 Å². The van der Waals surface area contributed by atoms with Crippen LogP contribution < -0.4 is 10.6 Å². The van der Waals surface area contributed by atoms with Crippen LogP contribution in [-0.2, 0) is 19.6 Å². The molecule has 1 heterocycles. The number of hydrogen-bond donors (Lipinski definition) is 2. The predicted octanol–water partition coefficient (Wildman–Crippen LogP) is 2.22. The molecule has 1 rings (SSSR count). The molecule has 26 heavy (non-hydrogen) atoms. The monoisotopic (exact) mass is 423 g/mol. The molecule has 0 aliphatic rings. The Morgan fingerprint density at radius 2 is 1.54 bits per heavy atom. The Morgan fingerprint density at radius 3 is 1.88 bits per heavy atom. The summed E-state index contributed by atoms with van der Waals surface area (Å²) in [6.45, 7) is 6.60. The number of sulfonamides is 1. The van der Waals surface area contributed by atoms with E-state index in [9.17, 15) is 18.0 Å². The van der Waals surface area contributed by atoms with Crippen LogP contribution >= 0.6 is 22.9 Å². The van der Waals surface area contributed by atoms with Crippen molar-refractivity contribution in [3.05, 3.63) is 16.5 Å². The fourth-order valence-corrected chi connectivity index (χ4v) is 4.94. The fourth-order valence-electron chi connectivity index (χ4n) is 1.95. The second-order valence-electron chi connectivity index (χ2n) is 6.09. The summed E-state index contributed by atoms with van der Waals surface area (Å²) < 4.78 is 26.9. The molecule has 1 aromatic heterocycles. The highest BCUT2D eigenvalue weighted by molar-refractivity contribution is 7.91. The molecular formula is C16H26ClN3O4S2. The van der Waals surface area contributed by atoms with Crippen molar-refractivity contribution in [3.63, 3.8) is 0 Å². The molecule has 2 amide bonds. The van der Waals surface area contributed by atoms with Gasteiger partial charge in [0.05, 0.1) is 17.4 Å². The summed E-state index contributed by atoms with van der Waals surface area (Å²) in [7, 11) is -4.01. The predicted molar refractivity (Wildman–Crippen MR) is 104 cm³/mol. The smallest absolute Gasteiger partial charge is 0.253 e. The maximum absolute atomic E-state index is 12.8.